The monoisotopic (exact) mass is 447 g/mol. The van der Waals surface area contributed by atoms with Crippen molar-refractivity contribution in [3.05, 3.63) is 72.1 Å². The van der Waals surface area contributed by atoms with Gasteiger partial charge in [0.2, 0.25) is 5.91 Å². The molecule has 0 fully saturated rings. The minimum atomic E-state index is -0.268. The van der Waals surface area contributed by atoms with Crippen LogP contribution in [0.4, 0.5) is 0 Å². The SMILES string of the molecule is C[C@@H](Sc1nnc(-c2cccnc2)n1Cc1ccccc1)C(=O)NCCC1=CCCCC1. The molecule has 6 nitrogen and oxygen atoms in total. The van der Waals surface area contributed by atoms with Gasteiger partial charge in [-0.05, 0) is 56.7 Å². The molecule has 2 heterocycles. The van der Waals surface area contributed by atoms with Crippen LogP contribution in [0.15, 0.2) is 71.7 Å². The minimum absolute atomic E-state index is 0.0311. The van der Waals surface area contributed by atoms with Crippen molar-refractivity contribution < 1.29 is 4.79 Å². The normalized spacial score (nSPS) is 14.6. The average Bonchev–Trinajstić information content (AvgIpc) is 3.22. The number of aromatic nitrogens is 4. The summed E-state index contributed by atoms with van der Waals surface area (Å²) < 4.78 is 2.06. The summed E-state index contributed by atoms with van der Waals surface area (Å²) in [6.45, 7) is 3.24. The highest BCUT2D eigenvalue weighted by molar-refractivity contribution is 8.00. The van der Waals surface area contributed by atoms with Crippen molar-refractivity contribution in [3.8, 4) is 11.4 Å². The van der Waals surface area contributed by atoms with Gasteiger partial charge in [0.25, 0.3) is 0 Å². The highest BCUT2D eigenvalue weighted by Crippen LogP contribution is 2.27. The number of hydrogen-bond acceptors (Lipinski definition) is 5. The average molecular weight is 448 g/mol. The zero-order valence-electron chi connectivity index (χ0n) is 18.4. The fourth-order valence-corrected chi connectivity index (χ4v) is 4.70. The molecule has 7 heteroatoms. The number of nitrogens with zero attached hydrogens (tertiary/aromatic N) is 4. The molecular weight excluding hydrogens is 418 g/mol. The smallest absolute Gasteiger partial charge is 0.233 e. The number of nitrogens with one attached hydrogen (secondary N) is 1. The van der Waals surface area contributed by atoms with Crippen LogP contribution >= 0.6 is 11.8 Å². The summed E-state index contributed by atoms with van der Waals surface area (Å²) >= 11 is 1.44. The molecule has 1 amide bonds. The van der Waals surface area contributed by atoms with Crippen LogP contribution in [0.3, 0.4) is 0 Å². The largest absolute Gasteiger partial charge is 0.355 e. The summed E-state index contributed by atoms with van der Waals surface area (Å²) in [5.41, 5.74) is 3.53. The molecular formula is C25H29N5OS. The van der Waals surface area contributed by atoms with Crippen molar-refractivity contribution in [2.75, 3.05) is 6.54 Å². The van der Waals surface area contributed by atoms with Crippen molar-refractivity contribution in [3.63, 3.8) is 0 Å². The number of amides is 1. The van der Waals surface area contributed by atoms with Crippen molar-refractivity contribution in [2.24, 2.45) is 0 Å². The second-order valence-electron chi connectivity index (χ2n) is 8.03. The maximum atomic E-state index is 12.7. The molecule has 0 saturated carbocycles. The lowest BCUT2D eigenvalue weighted by Gasteiger charge is -2.15. The molecule has 0 spiro atoms. The molecule has 166 valence electrons. The van der Waals surface area contributed by atoms with E-state index in [0.29, 0.717) is 13.1 Å². The third kappa shape index (κ3) is 5.85. The Hall–Kier alpha value is -2.93. The van der Waals surface area contributed by atoms with Gasteiger partial charge in [0.05, 0.1) is 11.8 Å². The predicted octanol–water partition coefficient (Wildman–Crippen LogP) is 4.88. The van der Waals surface area contributed by atoms with Crippen molar-refractivity contribution in [2.45, 2.75) is 56.0 Å². The minimum Gasteiger partial charge on any atom is -0.355 e. The van der Waals surface area contributed by atoms with Gasteiger partial charge in [-0.1, -0.05) is 53.7 Å². The van der Waals surface area contributed by atoms with Crippen LogP contribution in [0.2, 0.25) is 0 Å². The van der Waals surface area contributed by atoms with E-state index in [-0.39, 0.29) is 11.2 Å². The second-order valence-corrected chi connectivity index (χ2v) is 9.34. The number of benzene rings is 1. The summed E-state index contributed by atoms with van der Waals surface area (Å²) in [5.74, 6) is 0.782. The number of pyridine rings is 1. The number of rotatable bonds is 9. The van der Waals surface area contributed by atoms with Gasteiger partial charge in [0.1, 0.15) is 0 Å². The first kappa shape index (κ1) is 22.3. The second kappa shape index (κ2) is 11.1. The van der Waals surface area contributed by atoms with Gasteiger partial charge >= 0.3 is 0 Å². The zero-order valence-corrected chi connectivity index (χ0v) is 19.2. The molecule has 1 aliphatic carbocycles. The third-order valence-electron chi connectivity index (χ3n) is 5.60. The fourth-order valence-electron chi connectivity index (χ4n) is 3.83. The van der Waals surface area contributed by atoms with E-state index in [1.165, 1.54) is 43.0 Å². The molecule has 0 saturated heterocycles. The quantitative estimate of drug-likeness (QED) is 0.374. The first-order chi connectivity index (χ1) is 15.7. The molecule has 1 aromatic carbocycles. The van der Waals surface area contributed by atoms with Gasteiger partial charge in [-0.15, -0.1) is 10.2 Å². The van der Waals surface area contributed by atoms with E-state index in [1.807, 2.05) is 37.3 Å². The Labute approximate surface area is 193 Å². The van der Waals surface area contributed by atoms with E-state index >= 15 is 0 Å². The number of carbonyl (C=O) groups is 1. The lowest BCUT2D eigenvalue weighted by atomic mass is 9.97. The molecule has 1 aliphatic rings. The molecule has 2 aromatic heterocycles. The molecule has 0 aliphatic heterocycles. The first-order valence-corrected chi connectivity index (χ1v) is 12.1. The van der Waals surface area contributed by atoms with Gasteiger partial charge in [0.15, 0.2) is 11.0 Å². The van der Waals surface area contributed by atoms with E-state index in [2.05, 4.69) is 43.3 Å². The summed E-state index contributed by atoms with van der Waals surface area (Å²) in [5, 5.41) is 12.4. The number of allylic oxidation sites excluding steroid dienone is 1. The highest BCUT2D eigenvalue weighted by Gasteiger charge is 2.21. The summed E-state index contributed by atoms with van der Waals surface area (Å²) in [6, 6.07) is 14.1. The first-order valence-electron chi connectivity index (χ1n) is 11.2. The molecule has 1 atom stereocenters. The van der Waals surface area contributed by atoms with E-state index < -0.39 is 0 Å². The van der Waals surface area contributed by atoms with Gasteiger partial charge in [-0.2, -0.15) is 0 Å². The molecule has 0 unspecified atom stereocenters. The van der Waals surface area contributed by atoms with Crippen LogP contribution in [-0.4, -0.2) is 37.5 Å². The highest BCUT2D eigenvalue weighted by atomic mass is 32.2. The van der Waals surface area contributed by atoms with Crippen molar-refractivity contribution >= 4 is 17.7 Å². The predicted molar refractivity (Wildman–Crippen MR) is 128 cm³/mol. The van der Waals surface area contributed by atoms with Crippen LogP contribution < -0.4 is 5.32 Å². The van der Waals surface area contributed by atoms with Crippen LogP contribution in [0.25, 0.3) is 11.4 Å². The van der Waals surface area contributed by atoms with E-state index in [9.17, 15) is 4.79 Å². The lowest BCUT2D eigenvalue weighted by molar-refractivity contribution is -0.120. The topological polar surface area (TPSA) is 72.7 Å². The van der Waals surface area contributed by atoms with Gasteiger partial charge in [-0.25, -0.2) is 0 Å². The Bertz CT molecular complexity index is 1050. The Morgan fingerprint density at radius 2 is 2.03 bits per heavy atom. The molecule has 4 rings (SSSR count). The van der Waals surface area contributed by atoms with E-state index in [4.69, 9.17) is 0 Å². The summed E-state index contributed by atoms with van der Waals surface area (Å²) in [6.07, 6.45) is 11.7. The standard InChI is InChI=1S/C25H29N5OS/c1-19(24(31)27-16-14-20-9-4-2-5-10-20)32-25-29-28-23(22-13-8-15-26-17-22)30(25)18-21-11-6-3-7-12-21/h3,6-9,11-13,15,17,19H,2,4-5,10,14,16,18H2,1H3,(H,27,31)/t19-/m1/s1. The Kier molecular flexibility index (Phi) is 7.72. The Morgan fingerprint density at radius 1 is 1.16 bits per heavy atom. The molecule has 3 aromatic rings. The van der Waals surface area contributed by atoms with Crippen LogP contribution in [-0.2, 0) is 11.3 Å². The fraction of sp³-hybridized carbons (Fsp3) is 0.360. The maximum absolute atomic E-state index is 12.7. The van der Waals surface area contributed by atoms with Gasteiger partial charge in [0, 0.05) is 24.5 Å². The molecule has 32 heavy (non-hydrogen) atoms. The summed E-state index contributed by atoms with van der Waals surface area (Å²) in [4.78, 5) is 16.9. The van der Waals surface area contributed by atoms with Crippen LogP contribution in [0.5, 0.6) is 0 Å². The molecule has 0 bridgehead atoms. The number of hydrogen-bond donors (Lipinski definition) is 1. The Morgan fingerprint density at radius 3 is 2.78 bits per heavy atom. The van der Waals surface area contributed by atoms with Crippen LogP contribution in [0.1, 0.15) is 44.6 Å². The van der Waals surface area contributed by atoms with Crippen molar-refractivity contribution in [1.82, 2.24) is 25.1 Å². The summed E-state index contributed by atoms with van der Waals surface area (Å²) in [7, 11) is 0. The van der Waals surface area contributed by atoms with Gasteiger partial charge in [-0.3, -0.25) is 14.3 Å². The van der Waals surface area contributed by atoms with Crippen molar-refractivity contribution in [1.29, 1.82) is 0 Å². The zero-order chi connectivity index (χ0) is 22.2. The Balaban J connectivity index is 1.45. The number of carbonyl (C=O) groups excluding carboxylic acids is 1. The van der Waals surface area contributed by atoms with E-state index in [1.54, 1.807) is 12.4 Å². The molecule has 1 N–H and O–H groups in total. The lowest BCUT2D eigenvalue weighted by Crippen LogP contribution is -2.32. The van der Waals surface area contributed by atoms with Gasteiger partial charge < -0.3 is 5.32 Å². The van der Waals surface area contributed by atoms with Crippen LogP contribution in [0, 0.1) is 0 Å². The maximum Gasteiger partial charge on any atom is 0.233 e. The third-order valence-corrected chi connectivity index (χ3v) is 6.68. The number of thioether (sulfide) groups is 1. The van der Waals surface area contributed by atoms with E-state index in [0.717, 1.165) is 28.5 Å². The molecule has 0 radical (unpaired) electrons.